The molecule has 0 rings (SSSR count). The van der Waals surface area contributed by atoms with Crippen LogP contribution in [0.25, 0.3) is 0 Å². The Morgan fingerprint density at radius 3 is 2.00 bits per heavy atom. The SMILES string of the molecule is O=S(=O)(O)CC[S]. The minimum Gasteiger partial charge on any atom is -0.286 e. The Balaban J connectivity index is 3.60. The first kappa shape index (κ1) is 7.26. The molecule has 0 unspecified atom stereocenters. The maximum Gasteiger partial charge on any atom is 0.265 e. The molecule has 1 N–H and O–H groups in total. The summed E-state index contributed by atoms with van der Waals surface area (Å²) in [6.45, 7) is 0. The van der Waals surface area contributed by atoms with Crippen molar-refractivity contribution in [2.75, 3.05) is 11.5 Å². The Kier molecular flexibility index (Phi) is 2.63. The standard InChI is InChI=1S/C2H5O3S2/c3-7(4,5)2-1-6/h1-2H2,(H,3,4,5). The van der Waals surface area contributed by atoms with Crippen molar-refractivity contribution in [3.63, 3.8) is 0 Å². The van der Waals surface area contributed by atoms with Crippen LogP contribution < -0.4 is 0 Å². The zero-order chi connectivity index (χ0) is 5.91. The van der Waals surface area contributed by atoms with Crippen molar-refractivity contribution in [3.8, 4) is 0 Å². The zero-order valence-electron chi connectivity index (χ0n) is 3.49. The second-order valence-corrected chi connectivity index (χ2v) is 2.97. The van der Waals surface area contributed by atoms with Crippen LogP contribution in [0.1, 0.15) is 0 Å². The molecule has 0 aliphatic rings. The summed E-state index contributed by atoms with van der Waals surface area (Å²) in [7, 11) is -3.78. The van der Waals surface area contributed by atoms with Gasteiger partial charge in [-0.3, -0.25) is 4.55 Å². The van der Waals surface area contributed by atoms with E-state index in [9.17, 15) is 8.42 Å². The lowest BCUT2D eigenvalue weighted by molar-refractivity contribution is 0.485. The summed E-state index contributed by atoms with van der Waals surface area (Å²) < 4.78 is 27.4. The summed E-state index contributed by atoms with van der Waals surface area (Å²) in [5.74, 6) is -0.263. The van der Waals surface area contributed by atoms with Crippen LogP contribution in [0.5, 0.6) is 0 Å². The van der Waals surface area contributed by atoms with Gasteiger partial charge < -0.3 is 0 Å². The van der Waals surface area contributed by atoms with E-state index >= 15 is 0 Å². The maximum atomic E-state index is 9.72. The van der Waals surface area contributed by atoms with Gasteiger partial charge in [-0.1, -0.05) is 12.6 Å². The molecular weight excluding hydrogens is 136 g/mol. The average molecular weight is 141 g/mol. The summed E-state index contributed by atoms with van der Waals surface area (Å²) in [4.78, 5) is 0. The molecule has 0 spiro atoms. The van der Waals surface area contributed by atoms with Crippen LogP contribution in [-0.2, 0) is 10.1 Å². The van der Waals surface area contributed by atoms with E-state index in [0.29, 0.717) is 0 Å². The van der Waals surface area contributed by atoms with Crippen LogP contribution in [-0.4, -0.2) is 24.5 Å². The van der Waals surface area contributed by atoms with Crippen LogP contribution >= 0.6 is 12.6 Å². The van der Waals surface area contributed by atoms with Gasteiger partial charge in [0.1, 0.15) is 0 Å². The topological polar surface area (TPSA) is 54.4 Å². The van der Waals surface area contributed by atoms with Crippen molar-refractivity contribution in [2.24, 2.45) is 0 Å². The van der Waals surface area contributed by atoms with Crippen molar-refractivity contribution in [1.82, 2.24) is 0 Å². The van der Waals surface area contributed by atoms with Crippen molar-refractivity contribution in [3.05, 3.63) is 0 Å². The molecule has 0 aliphatic carbocycles. The molecule has 43 valence electrons. The molecule has 5 heteroatoms. The van der Waals surface area contributed by atoms with Crippen molar-refractivity contribution < 1.29 is 13.0 Å². The quantitative estimate of drug-likeness (QED) is 0.554. The van der Waals surface area contributed by atoms with E-state index in [4.69, 9.17) is 4.55 Å². The summed E-state index contributed by atoms with van der Waals surface area (Å²) in [5, 5.41) is 0. The van der Waals surface area contributed by atoms with E-state index in [1.807, 2.05) is 0 Å². The van der Waals surface area contributed by atoms with Crippen LogP contribution in [0.2, 0.25) is 0 Å². The van der Waals surface area contributed by atoms with E-state index in [0.717, 1.165) is 0 Å². The Labute approximate surface area is 47.9 Å². The molecule has 1 radical (unpaired) electrons. The molecule has 0 fully saturated rings. The van der Waals surface area contributed by atoms with E-state index in [1.165, 1.54) is 0 Å². The summed E-state index contributed by atoms with van der Waals surface area (Å²) in [6.07, 6.45) is 0. The van der Waals surface area contributed by atoms with Gasteiger partial charge in [0.2, 0.25) is 0 Å². The third-order valence-corrected chi connectivity index (χ3v) is 1.52. The number of hydrogen-bond donors (Lipinski definition) is 1. The first-order valence-electron chi connectivity index (χ1n) is 1.59. The van der Waals surface area contributed by atoms with Crippen molar-refractivity contribution in [2.45, 2.75) is 0 Å². The smallest absolute Gasteiger partial charge is 0.265 e. The van der Waals surface area contributed by atoms with Gasteiger partial charge in [0.15, 0.2) is 0 Å². The third-order valence-electron chi connectivity index (χ3n) is 0.341. The summed E-state index contributed by atoms with van der Waals surface area (Å²) in [5.41, 5.74) is 0. The molecule has 3 nitrogen and oxygen atoms in total. The first-order chi connectivity index (χ1) is 3.06. The highest BCUT2D eigenvalue weighted by molar-refractivity contribution is 7.87. The van der Waals surface area contributed by atoms with Gasteiger partial charge in [0.25, 0.3) is 10.1 Å². The Hall–Kier alpha value is 0.260. The fourth-order valence-corrected chi connectivity index (χ4v) is 0.948. The predicted octanol–water partition coefficient (Wildman–Crippen LogP) is 0.0717. The summed E-state index contributed by atoms with van der Waals surface area (Å²) in [6, 6.07) is 0. The van der Waals surface area contributed by atoms with E-state index in [1.54, 1.807) is 0 Å². The highest BCUT2D eigenvalue weighted by atomic mass is 32.2. The third kappa shape index (κ3) is 6.26. The molecule has 0 heterocycles. The molecule has 0 saturated heterocycles. The van der Waals surface area contributed by atoms with E-state index in [2.05, 4.69) is 12.6 Å². The highest BCUT2D eigenvalue weighted by Crippen LogP contribution is 1.81. The van der Waals surface area contributed by atoms with E-state index in [-0.39, 0.29) is 11.5 Å². The zero-order valence-corrected chi connectivity index (χ0v) is 5.13. The second-order valence-electron chi connectivity index (χ2n) is 0.990. The second kappa shape index (κ2) is 2.54. The molecular formula is C2H5O3S2. The molecule has 0 atom stereocenters. The molecule has 0 aromatic rings. The average Bonchev–Trinajstić information content (AvgIpc) is 1.30. The van der Waals surface area contributed by atoms with E-state index < -0.39 is 10.1 Å². The summed E-state index contributed by atoms with van der Waals surface area (Å²) >= 11 is 4.26. The van der Waals surface area contributed by atoms with Gasteiger partial charge in [-0.15, -0.1) is 0 Å². The lowest BCUT2D eigenvalue weighted by atomic mass is 11.0. The van der Waals surface area contributed by atoms with Gasteiger partial charge in [-0.25, -0.2) is 0 Å². The Morgan fingerprint density at radius 2 is 2.00 bits per heavy atom. The molecule has 0 aliphatic heterocycles. The van der Waals surface area contributed by atoms with Gasteiger partial charge in [-0.05, 0) is 0 Å². The van der Waals surface area contributed by atoms with Gasteiger partial charge in [0.05, 0.1) is 5.75 Å². The minimum atomic E-state index is -3.78. The van der Waals surface area contributed by atoms with Gasteiger partial charge in [-0.2, -0.15) is 8.42 Å². The maximum absolute atomic E-state index is 9.72. The first-order valence-corrected chi connectivity index (χ1v) is 3.78. The highest BCUT2D eigenvalue weighted by Gasteiger charge is 1.99. The molecule has 0 aromatic carbocycles. The van der Waals surface area contributed by atoms with Gasteiger partial charge in [0, 0.05) is 5.75 Å². The lowest BCUT2D eigenvalue weighted by Gasteiger charge is -1.84. The minimum absolute atomic E-state index is 0.0544. The number of rotatable bonds is 2. The molecule has 0 bridgehead atoms. The van der Waals surface area contributed by atoms with Crippen LogP contribution in [0.15, 0.2) is 0 Å². The molecule has 7 heavy (non-hydrogen) atoms. The predicted molar refractivity (Wildman–Crippen MR) is 28.9 cm³/mol. The Bertz CT molecular complexity index is 124. The van der Waals surface area contributed by atoms with Crippen molar-refractivity contribution in [1.29, 1.82) is 0 Å². The Morgan fingerprint density at radius 1 is 1.57 bits per heavy atom. The molecule has 0 saturated carbocycles. The fourth-order valence-electron chi connectivity index (χ4n) is 0.105. The van der Waals surface area contributed by atoms with Gasteiger partial charge >= 0.3 is 0 Å². The number of hydrogen-bond acceptors (Lipinski definition) is 2. The van der Waals surface area contributed by atoms with Crippen LogP contribution in [0, 0.1) is 0 Å². The van der Waals surface area contributed by atoms with Crippen molar-refractivity contribution >= 4 is 22.7 Å². The van der Waals surface area contributed by atoms with Crippen LogP contribution in [0.4, 0.5) is 0 Å². The lowest BCUT2D eigenvalue weighted by Crippen LogP contribution is -2.03. The van der Waals surface area contributed by atoms with Crippen LogP contribution in [0.3, 0.4) is 0 Å². The largest absolute Gasteiger partial charge is 0.286 e. The monoisotopic (exact) mass is 141 g/mol. The normalized spacial score (nSPS) is 11.7. The molecule has 0 amide bonds. The molecule has 0 aromatic heterocycles. The fraction of sp³-hybridized carbons (Fsp3) is 1.00.